The molecule has 23 heavy (non-hydrogen) atoms. The van der Waals surface area contributed by atoms with Crippen molar-refractivity contribution < 1.29 is 0 Å². The third-order valence-corrected chi connectivity index (χ3v) is 4.52. The molecular weight excluding hydrogens is 331 g/mol. The van der Waals surface area contributed by atoms with Gasteiger partial charge in [0.2, 0.25) is 0 Å². The predicted octanol–water partition coefficient (Wildman–Crippen LogP) is 4.77. The predicted molar refractivity (Wildman–Crippen MR) is 93.7 cm³/mol. The fraction of sp³-hybridized carbons (Fsp3) is 0.176. The minimum atomic E-state index is 0.231. The quantitative estimate of drug-likeness (QED) is 0.691. The van der Waals surface area contributed by atoms with Crippen molar-refractivity contribution in [1.82, 2.24) is 14.8 Å². The Kier molecular flexibility index (Phi) is 3.51. The minimum absolute atomic E-state index is 0.231. The van der Waals surface area contributed by atoms with Crippen LogP contribution in [-0.2, 0) is 0 Å². The topological polar surface area (TPSA) is 42.7 Å². The summed E-state index contributed by atoms with van der Waals surface area (Å²) in [6, 6.07) is 13.4. The molecule has 0 bridgehead atoms. The first kappa shape index (κ1) is 14.5. The van der Waals surface area contributed by atoms with Gasteiger partial charge in [0.25, 0.3) is 0 Å². The van der Waals surface area contributed by atoms with E-state index in [2.05, 4.69) is 27.0 Å². The summed E-state index contributed by atoms with van der Waals surface area (Å²) >= 11 is 12.1. The molecule has 1 aliphatic rings. The van der Waals surface area contributed by atoms with Crippen LogP contribution in [0.4, 0.5) is 5.69 Å². The van der Waals surface area contributed by atoms with Gasteiger partial charge in [0.15, 0.2) is 5.82 Å². The number of hydrogen-bond donors (Lipinski definition) is 1. The number of hydrogen-bond acceptors (Lipinski definition) is 3. The monoisotopic (exact) mass is 344 g/mol. The molecule has 0 spiro atoms. The van der Waals surface area contributed by atoms with E-state index in [9.17, 15) is 0 Å². The molecule has 0 aliphatic carbocycles. The molecule has 6 heteroatoms. The van der Waals surface area contributed by atoms with Crippen molar-refractivity contribution in [2.45, 2.75) is 12.8 Å². The van der Waals surface area contributed by atoms with Gasteiger partial charge in [-0.25, -0.2) is 0 Å². The zero-order valence-corrected chi connectivity index (χ0v) is 13.9. The van der Waals surface area contributed by atoms with E-state index in [4.69, 9.17) is 23.2 Å². The Morgan fingerprint density at radius 2 is 1.78 bits per heavy atom. The lowest BCUT2D eigenvalue weighted by atomic mass is 10.1. The van der Waals surface area contributed by atoms with Crippen molar-refractivity contribution in [2.24, 2.45) is 0 Å². The van der Waals surface area contributed by atoms with Crippen LogP contribution in [-0.4, -0.2) is 21.3 Å². The molecule has 2 heterocycles. The lowest BCUT2D eigenvalue weighted by molar-refractivity contribution is 0.725. The highest BCUT2D eigenvalue weighted by Crippen LogP contribution is 2.34. The van der Waals surface area contributed by atoms with Crippen molar-refractivity contribution in [2.75, 3.05) is 11.9 Å². The molecule has 2 aromatic carbocycles. The Labute approximate surface area is 144 Å². The van der Waals surface area contributed by atoms with Gasteiger partial charge in [-0.15, -0.1) is 10.2 Å². The van der Waals surface area contributed by atoms with Crippen LogP contribution in [0.25, 0.3) is 17.1 Å². The number of halogens is 2. The van der Waals surface area contributed by atoms with Crippen molar-refractivity contribution >= 4 is 28.9 Å². The number of aromatic nitrogens is 3. The van der Waals surface area contributed by atoms with Crippen LogP contribution in [0.3, 0.4) is 0 Å². The van der Waals surface area contributed by atoms with Crippen molar-refractivity contribution in [3.8, 4) is 17.1 Å². The maximum Gasteiger partial charge on any atom is 0.168 e. The molecule has 3 aromatic rings. The van der Waals surface area contributed by atoms with E-state index in [1.165, 1.54) is 0 Å². The van der Waals surface area contributed by atoms with Crippen molar-refractivity contribution in [1.29, 1.82) is 0 Å². The van der Waals surface area contributed by atoms with Crippen LogP contribution >= 0.6 is 23.2 Å². The molecule has 0 saturated carbocycles. The van der Waals surface area contributed by atoms with Crippen molar-refractivity contribution in [3.05, 3.63) is 58.3 Å². The Morgan fingerprint density at radius 1 is 1.04 bits per heavy atom. The van der Waals surface area contributed by atoms with Gasteiger partial charge in [0.05, 0.1) is 11.4 Å². The van der Waals surface area contributed by atoms with E-state index in [1.54, 1.807) is 0 Å². The minimum Gasteiger partial charge on any atom is -0.383 e. The van der Waals surface area contributed by atoms with E-state index >= 15 is 0 Å². The van der Waals surface area contributed by atoms with Gasteiger partial charge in [-0.05, 0) is 42.5 Å². The summed E-state index contributed by atoms with van der Waals surface area (Å²) in [4.78, 5) is 0. The van der Waals surface area contributed by atoms with E-state index in [1.807, 2.05) is 42.5 Å². The number of nitrogens with one attached hydrogen (secondary N) is 1. The number of rotatable bonds is 1. The van der Waals surface area contributed by atoms with E-state index in [-0.39, 0.29) is 5.92 Å². The van der Waals surface area contributed by atoms with Gasteiger partial charge in [0.1, 0.15) is 5.82 Å². The molecule has 1 aromatic heterocycles. The third kappa shape index (κ3) is 2.48. The first-order valence-corrected chi connectivity index (χ1v) is 8.14. The van der Waals surface area contributed by atoms with E-state index < -0.39 is 0 Å². The molecule has 1 N–H and O–H groups in total. The van der Waals surface area contributed by atoms with Gasteiger partial charge in [-0.3, -0.25) is 4.57 Å². The molecule has 4 nitrogen and oxygen atoms in total. The molecule has 116 valence electrons. The largest absolute Gasteiger partial charge is 0.383 e. The Hall–Kier alpha value is -2.04. The van der Waals surface area contributed by atoms with Crippen LogP contribution in [0, 0.1) is 0 Å². The van der Waals surface area contributed by atoms with Gasteiger partial charge >= 0.3 is 0 Å². The summed E-state index contributed by atoms with van der Waals surface area (Å²) in [7, 11) is 0. The summed E-state index contributed by atoms with van der Waals surface area (Å²) in [5, 5.41) is 13.7. The molecule has 1 atom stereocenters. The van der Waals surface area contributed by atoms with Crippen LogP contribution in [0.5, 0.6) is 0 Å². The second-order valence-electron chi connectivity index (χ2n) is 5.67. The number of fused-ring (bicyclic) bond motifs is 3. The van der Waals surface area contributed by atoms with Crippen LogP contribution in [0.15, 0.2) is 42.5 Å². The lowest BCUT2D eigenvalue weighted by Crippen LogP contribution is -2.09. The highest BCUT2D eigenvalue weighted by Gasteiger charge is 2.25. The molecular formula is C17H14Cl2N4. The SMILES string of the molecule is CC1CNc2cc(Cl)ccc2-n2c(-c3ccc(Cl)cc3)nnc21. The summed E-state index contributed by atoms with van der Waals surface area (Å²) in [6.07, 6.45) is 0. The Morgan fingerprint density at radius 3 is 2.57 bits per heavy atom. The molecule has 0 amide bonds. The van der Waals surface area contributed by atoms with Crippen LogP contribution < -0.4 is 5.32 Å². The van der Waals surface area contributed by atoms with Gasteiger partial charge in [-0.2, -0.15) is 0 Å². The van der Waals surface area contributed by atoms with Gasteiger partial charge in [-0.1, -0.05) is 30.1 Å². The fourth-order valence-corrected chi connectivity index (χ4v) is 3.14. The number of nitrogens with zero attached hydrogens (tertiary/aromatic N) is 3. The van der Waals surface area contributed by atoms with Crippen molar-refractivity contribution in [3.63, 3.8) is 0 Å². The van der Waals surface area contributed by atoms with E-state index in [0.29, 0.717) is 10.0 Å². The van der Waals surface area contributed by atoms with Gasteiger partial charge in [0, 0.05) is 28.1 Å². The molecule has 4 rings (SSSR count). The van der Waals surface area contributed by atoms with Crippen LogP contribution in [0.1, 0.15) is 18.7 Å². The summed E-state index contributed by atoms with van der Waals surface area (Å²) < 4.78 is 2.10. The number of anilines is 1. The molecule has 0 fully saturated rings. The second-order valence-corrected chi connectivity index (χ2v) is 6.54. The summed E-state index contributed by atoms with van der Waals surface area (Å²) in [5.74, 6) is 1.97. The normalized spacial score (nSPS) is 16.2. The van der Waals surface area contributed by atoms with Crippen LogP contribution in [0.2, 0.25) is 10.0 Å². The zero-order chi connectivity index (χ0) is 16.0. The lowest BCUT2D eigenvalue weighted by Gasteiger charge is -2.12. The maximum absolute atomic E-state index is 6.15. The molecule has 1 unspecified atom stereocenters. The Bertz CT molecular complexity index is 871. The highest BCUT2D eigenvalue weighted by atomic mass is 35.5. The first-order valence-electron chi connectivity index (χ1n) is 7.38. The fourth-order valence-electron chi connectivity index (χ4n) is 2.84. The molecule has 0 radical (unpaired) electrons. The first-order chi connectivity index (χ1) is 11.1. The summed E-state index contributed by atoms with van der Waals surface area (Å²) in [6.45, 7) is 2.92. The van der Waals surface area contributed by atoms with Gasteiger partial charge < -0.3 is 5.32 Å². The summed E-state index contributed by atoms with van der Waals surface area (Å²) in [5.41, 5.74) is 2.96. The maximum atomic E-state index is 6.15. The average molecular weight is 345 g/mol. The van der Waals surface area contributed by atoms with E-state index in [0.717, 1.165) is 35.1 Å². The molecule has 0 saturated heterocycles. The second kappa shape index (κ2) is 5.55. The third-order valence-electron chi connectivity index (χ3n) is 4.03. The number of benzene rings is 2. The standard InChI is InChI=1S/C17H14Cl2N4/c1-10-9-20-14-8-13(19)6-7-15(14)23-16(10)21-22-17(23)11-2-4-12(18)5-3-11/h2-8,10,20H,9H2,1H3. The smallest absolute Gasteiger partial charge is 0.168 e. The molecule has 1 aliphatic heterocycles. The average Bonchev–Trinajstić information content (AvgIpc) is 2.93. The highest BCUT2D eigenvalue weighted by molar-refractivity contribution is 6.31. The Balaban J connectivity index is 1.97. The zero-order valence-electron chi connectivity index (χ0n) is 12.4.